The van der Waals surface area contributed by atoms with Crippen LogP contribution in [0.1, 0.15) is 32.8 Å². The average molecular weight is 551 g/mol. The largest absolute Gasteiger partial charge is 0.482 e. The van der Waals surface area contributed by atoms with Crippen molar-refractivity contribution in [2.75, 3.05) is 6.61 Å². The van der Waals surface area contributed by atoms with Gasteiger partial charge in [0.1, 0.15) is 11.8 Å². The number of benzene rings is 2. The highest BCUT2D eigenvalue weighted by Gasteiger charge is 2.30. The van der Waals surface area contributed by atoms with Crippen LogP contribution in [0, 0.1) is 0 Å². The Morgan fingerprint density at radius 2 is 1.74 bits per heavy atom. The van der Waals surface area contributed by atoms with E-state index in [9.17, 15) is 9.59 Å². The van der Waals surface area contributed by atoms with E-state index >= 15 is 0 Å². The van der Waals surface area contributed by atoms with Crippen LogP contribution < -0.4 is 10.1 Å². The second kappa shape index (κ2) is 12.0. The van der Waals surface area contributed by atoms with Crippen molar-refractivity contribution in [3.63, 3.8) is 0 Å². The smallest absolute Gasteiger partial charge is 0.261 e. The average Bonchev–Trinajstić information content (AvgIpc) is 2.68. The standard InChI is InChI=1S/C22H24BrCl3N2O3/c1-4-19(22(30)27-13(2)3)28(11-15-16(24)6-5-7-17(15)25)21(29)12-31-20-9-8-14(23)10-18(20)26/h5-10,13,19H,4,11-12H2,1-3H3,(H,27,30). The van der Waals surface area contributed by atoms with Crippen molar-refractivity contribution < 1.29 is 14.3 Å². The topological polar surface area (TPSA) is 58.6 Å². The lowest BCUT2D eigenvalue weighted by Gasteiger charge is -2.31. The summed E-state index contributed by atoms with van der Waals surface area (Å²) in [6.45, 7) is 5.33. The summed E-state index contributed by atoms with van der Waals surface area (Å²) in [4.78, 5) is 27.5. The number of ether oxygens (including phenoxy) is 1. The van der Waals surface area contributed by atoms with E-state index in [-0.39, 0.29) is 31.0 Å². The van der Waals surface area contributed by atoms with Crippen LogP contribution >= 0.6 is 50.7 Å². The number of halogens is 4. The van der Waals surface area contributed by atoms with Gasteiger partial charge in [-0.05, 0) is 50.6 Å². The maximum atomic E-state index is 13.2. The van der Waals surface area contributed by atoms with Crippen molar-refractivity contribution >= 4 is 62.5 Å². The molecule has 2 aromatic rings. The molecular formula is C22H24BrCl3N2O3. The minimum atomic E-state index is -0.716. The molecule has 2 rings (SSSR count). The Bertz CT molecular complexity index is 920. The SMILES string of the molecule is CCC(C(=O)NC(C)C)N(Cc1c(Cl)cccc1Cl)C(=O)COc1ccc(Br)cc1Cl. The van der Waals surface area contributed by atoms with Crippen LogP contribution in [0.2, 0.25) is 15.1 Å². The summed E-state index contributed by atoms with van der Waals surface area (Å²) in [5.74, 6) is -0.273. The van der Waals surface area contributed by atoms with Gasteiger partial charge in [-0.25, -0.2) is 0 Å². The number of nitrogens with one attached hydrogen (secondary N) is 1. The van der Waals surface area contributed by atoms with Gasteiger partial charge in [0.05, 0.1) is 5.02 Å². The minimum absolute atomic E-state index is 0.0682. The zero-order valence-corrected chi connectivity index (χ0v) is 21.3. The predicted octanol–water partition coefficient (Wildman–Crippen LogP) is 6.12. The summed E-state index contributed by atoms with van der Waals surface area (Å²) in [6, 6.07) is 9.42. The second-order valence-corrected chi connectivity index (χ2v) is 9.31. The molecule has 0 fully saturated rings. The fourth-order valence-corrected chi connectivity index (χ4v) is 4.21. The molecule has 31 heavy (non-hydrogen) atoms. The van der Waals surface area contributed by atoms with Crippen molar-refractivity contribution in [2.45, 2.75) is 45.8 Å². The van der Waals surface area contributed by atoms with E-state index in [2.05, 4.69) is 21.2 Å². The molecule has 1 N–H and O–H groups in total. The highest BCUT2D eigenvalue weighted by Crippen LogP contribution is 2.29. The number of carbonyl (C=O) groups is 2. The molecular weight excluding hydrogens is 527 g/mol. The van der Waals surface area contributed by atoms with E-state index < -0.39 is 6.04 Å². The first-order chi connectivity index (χ1) is 14.6. The Morgan fingerprint density at radius 3 is 2.29 bits per heavy atom. The van der Waals surface area contributed by atoms with Crippen LogP contribution in [0.3, 0.4) is 0 Å². The van der Waals surface area contributed by atoms with Crippen molar-refractivity contribution in [1.29, 1.82) is 0 Å². The quantitative estimate of drug-likeness (QED) is 0.409. The molecule has 0 saturated heterocycles. The van der Waals surface area contributed by atoms with E-state index in [0.717, 1.165) is 4.47 Å². The van der Waals surface area contributed by atoms with Gasteiger partial charge in [-0.3, -0.25) is 9.59 Å². The first-order valence-corrected chi connectivity index (χ1v) is 11.7. The van der Waals surface area contributed by atoms with Gasteiger partial charge in [-0.15, -0.1) is 0 Å². The van der Waals surface area contributed by atoms with Gasteiger partial charge in [-0.2, -0.15) is 0 Å². The van der Waals surface area contributed by atoms with Crippen LogP contribution in [0.5, 0.6) is 5.75 Å². The minimum Gasteiger partial charge on any atom is -0.482 e. The normalized spacial score (nSPS) is 11.9. The summed E-state index contributed by atoms with van der Waals surface area (Å²) in [6.07, 6.45) is 0.408. The highest BCUT2D eigenvalue weighted by molar-refractivity contribution is 9.10. The zero-order valence-electron chi connectivity index (χ0n) is 17.4. The van der Waals surface area contributed by atoms with Crippen LogP contribution in [-0.4, -0.2) is 35.4 Å². The molecule has 0 aromatic heterocycles. The number of nitrogens with zero attached hydrogens (tertiary/aromatic N) is 1. The number of amides is 2. The van der Waals surface area contributed by atoms with Gasteiger partial charge in [0.2, 0.25) is 5.91 Å². The van der Waals surface area contributed by atoms with Crippen LogP contribution in [0.4, 0.5) is 0 Å². The molecule has 2 amide bonds. The number of hydrogen-bond acceptors (Lipinski definition) is 3. The molecule has 0 aliphatic rings. The summed E-state index contributed by atoms with van der Waals surface area (Å²) >= 11 is 22.2. The van der Waals surface area contributed by atoms with Crippen molar-refractivity contribution in [1.82, 2.24) is 10.2 Å². The molecule has 0 aliphatic heterocycles. The predicted molar refractivity (Wildman–Crippen MR) is 129 cm³/mol. The highest BCUT2D eigenvalue weighted by atomic mass is 79.9. The molecule has 0 spiro atoms. The maximum Gasteiger partial charge on any atom is 0.261 e. The Kier molecular flexibility index (Phi) is 9.94. The van der Waals surface area contributed by atoms with Gasteiger partial charge in [0, 0.05) is 32.7 Å². The van der Waals surface area contributed by atoms with Crippen LogP contribution in [-0.2, 0) is 16.1 Å². The van der Waals surface area contributed by atoms with Gasteiger partial charge in [0.25, 0.3) is 5.91 Å². The van der Waals surface area contributed by atoms with E-state index in [0.29, 0.717) is 32.8 Å². The Labute approximate surface area is 206 Å². The first-order valence-electron chi connectivity index (χ1n) is 9.74. The molecule has 2 aromatic carbocycles. The van der Waals surface area contributed by atoms with Gasteiger partial charge in [-0.1, -0.05) is 63.7 Å². The van der Waals surface area contributed by atoms with Crippen LogP contribution in [0.15, 0.2) is 40.9 Å². The fourth-order valence-electron chi connectivity index (χ4n) is 2.97. The first kappa shape index (κ1) is 25.8. The zero-order chi connectivity index (χ0) is 23.1. The molecule has 5 nitrogen and oxygen atoms in total. The molecule has 1 atom stereocenters. The van der Waals surface area contributed by atoms with Crippen molar-refractivity contribution in [2.24, 2.45) is 0 Å². The van der Waals surface area contributed by atoms with Crippen molar-refractivity contribution in [3.05, 3.63) is 61.5 Å². The Balaban J connectivity index is 2.30. The second-order valence-electron chi connectivity index (χ2n) is 7.17. The van der Waals surface area contributed by atoms with Crippen LogP contribution in [0.25, 0.3) is 0 Å². The van der Waals surface area contributed by atoms with E-state index in [1.807, 2.05) is 20.8 Å². The summed E-state index contributed by atoms with van der Waals surface area (Å²) in [5, 5.41) is 4.07. The molecule has 168 valence electrons. The third kappa shape index (κ3) is 7.28. The summed E-state index contributed by atoms with van der Waals surface area (Å²) < 4.78 is 6.44. The van der Waals surface area contributed by atoms with Gasteiger partial charge < -0.3 is 15.0 Å². The lowest BCUT2D eigenvalue weighted by Crippen LogP contribution is -2.51. The van der Waals surface area contributed by atoms with Gasteiger partial charge >= 0.3 is 0 Å². The molecule has 1 unspecified atom stereocenters. The molecule has 0 radical (unpaired) electrons. The molecule has 9 heteroatoms. The maximum absolute atomic E-state index is 13.2. The Morgan fingerprint density at radius 1 is 1.10 bits per heavy atom. The molecule has 0 heterocycles. The van der Waals surface area contributed by atoms with Crippen molar-refractivity contribution in [3.8, 4) is 5.75 Å². The lowest BCUT2D eigenvalue weighted by molar-refractivity contribution is -0.143. The van der Waals surface area contributed by atoms with E-state index in [1.165, 1.54) is 4.90 Å². The molecule has 0 saturated carbocycles. The van der Waals surface area contributed by atoms with E-state index in [4.69, 9.17) is 39.5 Å². The summed E-state index contributed by atoms with van der Waals surface area (Å²) in [7, 11) is 0. The molecule has 0 bridgehead atoms. The third-order valence-electron chi connectivity index (χ3n) is 4.45. The lowest BCUT2D eigenvalue weighted by atomic mass is 10.1. The summed E-state index contributed by atoms with van der Waals surface area (Å²) in [5.41, 5.74) is 0.566. The van der Waals surface area contributed by atoms with E-state index in [1.54, 1.807) is 36.4 Å². The number of rotatable bonds is 9. The Hall–Kier alpha value is -1.47. The third-order valence-corrected chi connectivity index (χ3v) is 5.95. The number of hydrogen-bond donors (Lipinski definition) is 1. The monoisotopic (exact) mass is 548 g/mol. The fraction of sp³-hybridized carbons (Fsp3) is 0.364. The van der Waals surface area contributed by atoms with Gasteiger partial charge in [0.15, 0.2) is 6.61 Å². The molecule has 0 aliphatic carbocycles. The number of carbonyl (C=O) groups excluding carboxylic acids is 2.